The molecule has 4 nitrogen and oxygen atoms in total. The second-order valence-electron chi connectivity index (χ2n) is 5.63. The summed E-state index contributed by atoms with van der Waals surface area (Å²) in [5.74, 6) is 0.690. The topological polar surface area (TPSA) is 53.2 Å². The van der Waals surface area contributed by atoms with Gasteiger partial charge in [-0.1, -0.05) is 32.0 Å². The monoisotopic (exact) mass is 297 g/mol. The summed E-state index contributed by atoms with van der Waals surface area (Å²) in [6.45, 7) is 5.37. The second kappa shape index (κ2) is 8.08. The highest BCUT2D eigenvalue weighted by Crippen LogP contribution is 2.14. The highest BCUT2D eigenvalue weighted by molar-refractivity contribution is 5.99. The minimum absolute atomic E-state index is 0.244. The molecule has 2 rings (SSSR count). The molecule has 0 saturated heterocycles. The smallest absolute Gasteiger partial charge is 0.323 e. The van der Waals surface area contributed by atoms with E-state index in [0.29, 0.717) is 5.92 Å². The normalized spacial score (nSPS) is 10.3. The third-order valence-electron chi connectivity index (χ3n) is 3.23. The van der Waals surface area contributed by atoms with Gasteiger partial charge in [-0.3, -0.25) is 0 Å². The van der Waals surface area contributed by atoms with Crippen LogP contribution < -0.4 is 16.0 Å². The van der Waals surface area contributed by atoms with Gasteiger partial charge in [0, 0.05) is 23.6 Å². The van der Waals surface area contributed by atoms with Crippen molar-refractivity contribution < 1.29 is 4.79 Å². The van der Waals surface area contributed by atoms with E-state index in [2.05, 4.69) is 29.8 Å². The molecule has 0 bridgehead atoms. The molecule has 0 aliphatic carbocycles. The van der Waals surface area contributed by atoms with E-state index in [1.165, 1.54) is 0 Å². The molecule has 2 aromatic carbocycles. The Hall–Kier alpha value is -2.49. The van der Waals surface area contributed by atoms with Gasteiger partial charge < -0.3 is 16.0 Å². The average Bonchev–Trinajstić information content (AvgIpc) is 2.49. The molecular weight excluding hydrogens is 274 g/mol. The van der Waals surface area contributed by atoms with Crippen molar-refractivity contribution in [2.24, 2.45) is 5.92 Å². The number of para-hydroxylation sites is 1. The standard InChI is InChI=1S/C18H23N3O/c1-14(2)12-13-19-15-8-10-17(11-9-15)21-18(22)20-16-6-4-3-5-7-16/h3-11,14,19H,12-13H2,1-2H3,(H2,20,21,22). The minimum atomic E-state index is -0.244. The van der Waals surface area contributed by atoms with Crippen LogP contribution in [0.15, 0.2) is 54.6 Å². The first-order chi connectivity index (χ1) is 10.6. The lowest BCUT2D eigenvalue weighted by Gasteiger charge is -2.10. The molecule has 0 fully saturated rings. The van der Waals surface area contributed by atoms with E-state index in [4.69, 9.17) is 0 Å². The van der Waals surface area contributed by atoms with Gasteiger partial charge in [-0.25, -0.2) is 4.79 Å². The predicted molar refractivity (Wildman–Crippen MR) is 93.5 cm³/mol. The molecule has 3 N–H and O–H groups in total. The highest BCUT2D eigenvalue weighted by atomic mass is 16.2. The lowest BCUT2D eigenvalue weighted by atomic mass is 10.1. The number of amides is 2. The van der Waals surface area contributed by atoms with Crippen LogP contribution in [0.4, 0.5) is 21.9 Å². The first-order valence-electron chi connectivity index (χ1n) is 7.60. The Balaban J connectivity index is 1.82. The zero-order valence-electron chi connectivity index (χ0n) is 13.1. The molecule has 0 unspecified atom stereocenters. The zero-order chi connectivity index (χ0) is 15.8. The van der Waals surface area contributed by atoms with Gasteiger partial charge in [0.2, 0.25) is 0 Å². The molecule has 116 valence electrons. The second-order valence-corrected chi connectivity index (χ2v) is 5.63. The summed E-state index contributed by atoms with van der Waals surface area (Å²) >= 11 is 0. The molecule has 0 saturated carbocycles. The Morgan fingerprint density at radius 1 is 0.864 bits per heavy atom. The average molecular weight is 297 g/mol. The van der Waals surface area contributed by atoms with Crippen LogP contribution >= 0.6 is 0 Å². The molecule has 0 aliphatic heterocycles. The number of rotatable bonds is 6. The molecule has 0 aromatic heterocycles. The van der Waals surface area contributed by atoms with Crippen LogP contribution in [0, 0.1) is 5.92 Å². The van der Waals surface area contributed by atoms with E-state index in [-0.39, 0.29) is 6.03 Å². The molecule has 2 amide bonds. The van der Waals surface area contributed by atoms with Crippen LogP contribution in [0.5, 0.6) is 0 Å². The summed E-state index contributed by atoms with van der Waals surface area (Å²) in [7, 11) is 0. The van der Waals surface area contributed by atoms with Gasteiger partial charge in [-0.05, 0) is 48.7 Å². The largest absolute Gasteiger partial charge is 0.385 e. The van der Waals surface area contributed by atoms with Crippen LogP contribution in [-0.2, 0) is 0 Å². The maximum atomic E-state index is 11.9. The third-order valence-corrected chi connectivity index (χ3v) is 3.23. The first kappa shape index (κ1) is 15.9. The van der Waals surface area contributed by atoms with Crippen molar-refractivity contribution in [2.75, 3.05) is 22.5 Å². The number of carbonyl (C=O) groups excluding carboxylic acids is 1. The number of hydrogen-bond acceptors (Lipinski definition) is 2. The molecule has 2 aromatic rings. The van der Waals surface area contributed by atoms with Gasteiger partial charge in [0.05, 0.1) is 0 Å². The minimum Gasteiger partial charge on any atom is -0.385 e. The first-order valence-corrected chi connectivity index (χ1v) is 7.60. The fraction of sp³-hybridized carbons (Fsp3) is 0.278. The molecule has 0 heterocycles. The van der Waals surface area contributed by atoms with Crippen LogP contribution in [0.2, 0.25) is 0 Å². The molecule has 22 heavy (non-hydrogen) atoms. The highest BCUT2D eigenvalue weighted by Gasteiger charge is 2.02. The predicted octanol–water partition coefficient (Wildman–Crippen LogP) is 4.79. The summed E-state index contributed by atoms with van der Waals surface area (Å²) in [6, 6.07) is 16.9. The molecular formula is C18H23N3O. The lowest BCUT2D eigenvalue weighted by molar-refractivity contribution is 0.262. The fourth-order valence-corrected chi connectivity index (χ4v) is 1.99. The zero-order valence-corrected chi connectivity index (χ0v) is 13.1. The fourth-order valence-electron chi connectivity index (χ4n) is 1.99. The molecule has 0 aliphatic rings. The van der Waals surface area contributed by atoms with Gasteiger partial charge in [-0.15, -0.1) is 0 Å². The summed E-state index contributed by atoms with van der Waals surface area (Å²) in [4.78, 5) is 11.9. The van der Waals surface area contributed by atoms with Crippen LogP contribution in [0.3, 0.4) is 0 Å². The summed E-state index contributed by atoms with van der Waals surface area (Å²) in [5, 5.41) is 8.97. The van der Waals surface area contributed by atoms with Gasteiger partial charge >= 0.3 is 6.03 Å². The Morgan fingerprint density at radius 3 is 2.00 bits per heavy atom. The van der Waals surface area contributed by atoms with E-state index in [0.717, 1.165) is 30.0 Å². The van der Waals surface area contributed by atoms with E-state index in [1.807, 2.05) is 54.6 Å². The van der Waals surface area contributed by atoms with E-state index in [1.54, 1.807) is 0 Å². The quantitative estimate of drug-likeness (QED) is 0.718. The van der Waals surface area contributed by atoms with Crippen molar-refractivity contribution in [2.45, 2.75) is 20.3 Å². The Kier molecular flexibility index (Phi) is 5.83. The number of carbonyl (C=O) groups is 1. The van der Waals surface area contributed by atoms with Crippen LogP contribution in [-0.4, -0.2) is 12.6 Å². The number of hydrogen-bond donors (Lipinski definition) is 3. The van der Waals surface area contributed by atoms with Gasteiger partial charge in [-0.2, -0.15) is 0 Å². The van der Waals surface area contributed by atoms with Crippen molar-refractivity contribution in [1.29, 1.82) is 0 Å². The molecule has 0 radical (unpaired) electrons. The van der Waals surface area contributed by atoms with Crippen molar-refractivity contribution in [3.63, 3.8) is 0 Å². The molecule has 4 heteroatoms. The van der Waals surface area contributed by atoms with E-state index >= 15 is 0 Å². The van der Waals surface area contributed by atoms with Crippen molar-refractivity contribution in [3.8, 4) is 0 Å². The molecule has 0 atom stereocenters. The lowest BCUT2D eigenvalue weighted by Crippen LogP contribution is -2.19. The van der Waals surface area contributed by atoms with E-state index in [9.17, 15) is 4.79 Å². The summed E-state index contributed by atoms with van der Waals surface area (Å²) in [5.41, 5.74) is 2.60. The van der Waals surface area contributed by atoms with E-state index < -0.39 is 0 Å². The Labute approximate surface area is 131 Å². The Bertz CT molecular complexity index is 579. The summed E-state index contributed by atoms with van der Waals surface area (Å²) < 4.78 is 0. The number of anilines is 3. The van der Waals surface area contributed by atoms with Gasteiger partial charge in [0.25, 0.3) is 0 Å². The SMILES string of the molecule is CC(C)CCNc1ccc(NC(=O)Nc2ccccc2)cc1. The maximum Gasteiger partial charge on any atom is 0.323 e. The Morgan fingerprint density at radius 2 is 1.41 bits per heavy atom. The van der Waals surface area contributed by atoms with Crippen molar-refractivity contribution >= 4 is 23.1 Å². The number of nitrogens with one attached hydrogen (secondary N) is 3. The number of benzene rings is 2. The van der Waals surface area contributed by atoms with Gasteiger partial charge in [0.15, 0.2) is 0 Å². The maximum absolute atomic E-state index is 11.9. The van der Waals surface area contributed by atoms with Crippen molar-refractivity contribution in [3.05, 3.63) is 54.6 Å². The van der Waals surface area contributed by atoms with Crippen molar-refractivity contribution in [1.82, 2.24) is 0 Å². The summed E-state index contributed by atoms with van der Waals surface area (Å²) in [6.07, 6.45) is 1.14. The third kappa shape index (κ3) is 5.48. The number of urea groups is 1. The van der Waals surface area contributed by atoms with Gasteiger partial charge in [0.1, 0.15) is 0 Å². The van der Waals surface area contributed by atoms with Crippen LogP contribution in [0.25, 0.3) is 0 Å². The van der Waals surface area contributed by atoms with Crippen LogP contribution in [0.1, 0.15) is 20.3 Å². The molecule has 0 spiro atoms.